The van der Waals surface area contributed by atoms with E-state index in [1.54, 1.807) is 0 Å². The van der Waals surface area contributed by atoms with Crippen LogP contribution in [0.25, 0.3) is 0 Å². The minimum Gasteiger partial charge on any atom is -0.341 e. The Morgan fingerprint density at radius 1 is 1.26 bits per heavy atom. The summed E-state index contributed by atoms with van der Waals surface area (Å²) in [5.74, 6) is 0.959. The van der Waals surface area contributed by atoms with Gasteiger partial charge < -0.3 is 10.2 Å². The fraction of sp³-hybridized carbons (Fsp3) is 0.562. The fourth-order valence-corrected chi connectivity index (χ4v) is 3.26. The van der Waals surface area contributed by atoms with Crippen LogP contribution in [-0.2, 0) is 11.2 Å². The first kappa shape index (κ1) is 12.7. The third-order valence-corrected chi connectivity index (χ3v) is 4.32. The third-order valence-electron chi connectivity index (χ3n) is 4.32. The van der Waals surface area contributed by atoms with Crippen LogP contribution < -0.4 is 5.32 Å². The van der Waals surface area contributed by atoms with Gasteiger partial charge in [0.25, 0.3) is 0 Å². The summed E-state index contributed by atoms with van der Waals surface area (Å²) in [6, 6.07) is 10.7. The van der Waals surface area contributed by atoms with Crippen molar-refractivity contribution in [2.24, 2.45) is 5.92 Å². The molecule has 1 aromatic rings. The molecule has 2 aliphatic rings. The summed E-state index contributed by atoms with van der Waals surface area (Å²) in [5, 5.41) is 3.31. The van der Waals surface area contributed by atoms with E-state index in [1.165, 1.54) is 5.56 Å². The minimum absolute atomic E-state index is 0.0930. The molecule has 2 aliphatic heterocycles. The highest BCUT2D eigenvalue weighted by molar-refractivity contribution is 5.82. The molecule has 0 bridgehead atoms. The molecule has 102 valence electrons. The number of likely N-dealkylation sites (tertiary alicyclic amines) is 1. The number of nitrogens with zero attached hydrogens (tertiary/aromatic N) is 1. The van der Waals surface area contributed by atoms with Gasteiger partial charge in [-0.15, -0.1) is 0 Å². The highest BCUT2D eigenvalue weighted by Gasteiger charge is 2.31. The summed E-state index contributed by atoms with van der Waals surface area (Å²) in [5.41, 5.74) is 1.39. The first-order chi connectivity index (χ1) is 9.33. The molecule has 0 radical (unpaired) electrons. The van der Waals surface area contributed by atoms with Gasteiger partial charge in [-0.25, -0.2) is 0 Å². The zero-order valence-corrected chi connectivity index (χ0v) is 11.3. The van der Waals surface area contributed by atoms with Gasteiger partial charge in [0.15, 0.2) is 0 Å². The lowest BCUT2D eigenvalue weighted by Crippen LogP contribution is -2.42. The first-order valence-corrected chi connectivity index (χ1v) is 7.39. The molecule has 0 aliphatic carbocycles. The van der Waals surface area contributed by atoms with Crippen molar-refractivity contribution in [2.45, 2.75) is 31.7 Å². The van der Waals surface area contributed by atoms with E-state index in [9.17, 15) is 4.79 Å². The summed E-state index contributed by atoms with van der Waals surface area (Å²) in [7, 11) is 0. The maximum Gasteiger partial charge on any atom is 0.239 e. The van der Waals surface area contributed by atoms with Crippen molar-refractivity contribution in [3.8, 4) is 0 Å². The Kier molecular flexibility index (Phi) is 3.83. The number of benzene rings is 1. The fourth-order valence-electron chi connectivity index (χ4n) is 3.26. The Balaban J connectivity index is 1.53. The van der Waals surface area contributed by atoms with E-state index in [0.717, 1.165) is 45.3 Å². The first-order valence-electron chi connectivity index (χ1n) is 7.39. The van der Waals surface area contributed by atoms with Crippen molar-refractivity contribution >= 4 is 5.91 Å². The Bertz CT molecular complexity index is 426. The Morgan fingerprint density at radius 2 is 2.11 bits per heavy atom. The van der Waals surface area contributed by atoms with E-state index in [4.69, 9.17) is 0 Å². The molecule has 2 atom stereocenters. The summed E-state index contributed by atoms with van der Waals surface area (Å²) in [6.45, 7) is 2.87. The van der Waals surface area contributed by atoms with Crippen LogP contribution in [0.2, 0.25) is 0 Å². The predicted octanol–water partition coefficient (Wildman–Crippen LogP) is 1.83. The molecule has 1 N–H and O–H groups in total. The maximum absolute atomic E-state index is 12.3. The largest absolute Gasteiger partial charge is 0.341 e. The summed E-state index contributed by atoms with van der Waals surface area (Å²) >= 11 is 0. The van der Waals surface area contributed by atoms with Gasteiger partial charge in [-0.05, 0) is 43.7 Å². The third kappa shape index (κ3) is 2.98. The van der Waals surface area contributed by atoms with E-state index in [0.29, 0.717) is 11.8 Å². The number of carbonyl (C=O) groups is 1. The zero-order chi connectivity index (χ0) is 13.1. The summed E-state index contributed by atoms with van der Waals surface area (Å²) in [6.07, 6.45) is 4.40. The number of carbonyl (C=O) groups excluding carboxylic acids is 1. The van der Waals surface area contributed by atoms with E-state index in [2.05, 4.69) is 40.5 Å². The molecular weight excluding hydrogens is 236 g/mol. The van der Waals surface area contributed by atoms with Crippen LogP contribution >= 0.6 is 0 Å². The van der Waals surface area contributed by atoms with E-state index < -0.39 is 0 Å². The molecular formula is C16H22N2O. The van der Waals surface area contributed by atoms with Crippen LogP contribution in [0, 0.1) is 5.92 Å². The smallest absolute Gasteiger partial charge is 0.239 e. The molecule has 2 unspecified atom stereocenters. The second-order valence-corrected chi connectivity index (χ2v) is 5.78. The van der Waals surface area contributed by atoms with Gasteiger partial charge in [0.1, 0.15) is 0 Å². The molecule has 1 amide bonds. The van der Waals surface area contributed by atoms with Gasteiger partial charge in [0.05, 0.1) is 6.04 Å². The molecule has 0 aromatic heterocycles. The van der Waals surface area contributed by atoms with Crippen LogP contribution in [0.1, 0.15) is 24.8 Å². The topological polar surface area (TPSA) is 32.3 Å². The highest BCUT2D eigenvalue weighted by atomic mass is 16.2. The zero-order valence-electron chi connectivity index (χ0n) is 11.3. The molecule has 3 heteroatoms. The second kappa shape index (κ2) is 5.74. The number of hydrogen-bond acceptors (Lipinski definition) is 2. The standard InChI is InChI=1S/C16H22N2O/c19-16(15-7-4-9-17-15)18-10-8-14(12-18)11-13-5-2-1-3-6-13/h1-3,5-6,14-15,17H,4,7-12H2. The Labute approximate surface area is 115 Å². The normalized spacial score (nSPS) is 26.8. The lowest BCUT2D eigenvalue weighted by atomic mass is 9.99. The molecule has 2 saturated heterocycles. The lowest BCUT2D eigenvalue weighted by Gasteiger charge is -2.20. The van der Waals surface area contributed by atoms with E-state index >= 15 is 0 Å². The van der Waals surface area contributed by atoms with Gasteiger partial charge in [-0.3, -0.25) is 4.79 Å². The van der Waals surface area contributed by atoms with Gasteiger partial charge in [0, 0.05) is 13.1 Å². The average molecular weight is 258 g/mol. The quantitative estimate of drug-likeness (QED) is 0.897. The van der Waals surface area contributed by atoms with Gasteiger partial charge in [-0.1, -0.05) is 30.3 Å². The molecule has 1 aromatic carbocycles. The second-order valence-electron chi connectivity index (χ2n) is 5.78. The molecule has 0 spiro atoms. The van der Waals surface area contributed by atoms with Crippen LogP contribution in [0.4, 0.5) is 0 Å². The van der Waals surface area contributed by atoms with Crippen molar-refractivity contribution in [1.29, 1.82) is 0 Å². The maximum atomic E-state index is 12.3. The number of rotatable bonds is 3. The highest BCUT2D eigenvalue weighted by Crippen LogP contribution is 2.22. The SMILES string of the molecule is O=C(C1CCCN1)N1CCC(Cc2ccccc2)C1. The molecule has 2 fully saturated rings. The summed E-state index contributed by atoms with van der Waals surface area (Å²) in [4.78, 5) is 14.4. The van der Waals surface area contributed by atoms with Crippen molar-refractivity contribution in [3.63, 3.8) is 0 Å². The average Bonchev–Trinajstić information content (AvgIpc) is 3.10. The van der Waals surface area contributed by atoms with Crippen LogP contribution in [0.3, 0.4) is 0 Å². The summed E-state index contributed by atoms with van der Waals surface area (Å²) < 4.78 is 0. The molecule has 19 heavy (non-hydrogen) atoms. The van der Waals surface area contributed by atoms with Gasteiger partial charge in [0.2, 0.25) is 5.91 Å². The molecule has 2 heterocycles. The van der Waals surface area contributed by atoms with Crippen molar-refractivity contribution in [3.05, 3.63) is 35.9 Å². The molecule has 3 rings (SSSR count). The number of nitrogens with one attached hydrogen (secondary N) is 1. The Morgan fingerprint density at radius 3 is 2.84 bits per heavy atom. The van der Waals surface area contributed by atoms with Crippen LogP contribution in [-0.4, -0.2) is 36.5 Å². The predicted molar refractivity (Wildman–Crippen MR) is 75.9 cm³/mol. The van der Waals surface area contributed by atoms with E-state index in [1.807, 2.05) is 0 Å². The van der Waals surface area contributed by atoms with Crippen molar-refractivity contribution in [2.75, 3.05) is 19.6 Å². The lowest BCUT2D eigenvalue weighted by molar-refractivity contribution is -0.132. The number of amides is 1. The Hall–Kier alpha value is -1.35. The van der Waals surface area contributed by atoms with Gasteiger partial charge in [-0.2, -0.15) is 0 Å². The van der Waals surface area contributed by atoms with E-state index in [-0.39, 0.29) is 6.04 Å². The molecule has 0 saturated carbocycles. The van der Waals surface area contributed by atoms with Crippen molar-refractivity contribution in [1.82, 2.24) is 10.2 Å². The number of hydrogen-bond donors (Lipinski definition) is 1. The van der Waals surface area contributed by atoms with Gasteiger partial charge >= 0.3 is 0 Å². The molecule has 3 nitrogen and oxygen atoms in total. The monoisotopic (exact) mass is 258 g/mol. The van der Waals surface area contributed by atoms with Crippen LogP contribution in [0.5, 0.6) is 0 Å². The van der Waals surface area contributed by atoms with Crippen LogP contribution in [0.15, 0.2) is 30.3 Å². The van der Waals surface area contributed by atoms with Crippen molar-refractivity contribution < 1.29 is 4.79 Å². The minimum atomic E-state index is 0.0930.